The second-order valence-electron chi connectivity index (χ2n) is 2.70. The number of rotatable bonds is 0. The van der Waals surface area contributed by atoms with Gasteiger partial charge in [-0.15, -0.1) is 11.6 Å². The molecule has 1 atom stereocenters. The first-order valence-electron chi connectivity index (χ1n) is 3.56. The Morgan fingerprint density at radius 2 is 2.45 bits per heavy atom. The van der Waals surface area contributed by atoms with Crippen molar-refractivity contribution in [3.05, 3.63) is 28.0 Å². The summed E-state index contributed by atoms with van der Waals surface area (Å²) in [6.07, 6.45) is 3.90. The molecule has 0 radical (unpaired) electrons. The van der Waals surface area contributed by atoms with E-state index in [0.29, 0.717) is 0 Å². The van der Waals surface area contributed by atoms with Crippen molar-refractivity contribution in [1.29, 1.82) is 0 Å². The maximum absolute atomic E-state index is 6.02. The summed E-state index contributed by atoms with van der Waals surface area (Å²) in [6, 6.07) is 2.10. The third-order valence-electron chi connectivity index (χ3n) is 1.93. The van der Waals surface area contributed by atoms with Gasteiger partial charge >= 0.3 is 0 Å². The average molecular weight is 233 g/mol. The second-order valence-corrected chi connectivity index (χ2v) is 4.15. The highest BCUT2D eigenvalue weighted by Gasteiger charge is 2.21. The van der Waals surface area contributed by atoms with E-state index in [-0.39, 0.29) is 5.38 Å². The second kappa shape index (κ2) is 2.76. The summed E-state index contributed by atoms with van der Waals surface area (Å²) in [5.74, 6) is 0. The van der Waals surface area contributed by atoms with Gasteiger partial charge in [0.1, 0.15) is 0 Å². The van der Waals surface area contributed by atoms with Gasteiger partial charge in [0.25, 0.3) is 0 Å². The van der Waals surface area contributed by atoms with Crippen LogP contribution in [0.25, 0.3) is 0 Å². The normalized spacial score (nSPS) is 21.8. The van der Waals surface area contributed by atoms with E-state index in [1.165, 1.54) is 5.56 Å². The number of pyridine rings is 1. The minimum atomic E-state index is 0.137. The first kappa shape index (κ1) is 7.56. The fraction of sp³-hybridized carbons (Fsp3) is 0.375. The van der Waals surface area contributed by atoms with Gasteiger partial charge in [-0.1, -0.05) is 0 Å². The lowest BCUT2D eigenvalue weighted by atomic mass is 10.2. The summed E-state index contributed by atoms with van der Waals surface area (Å²) >= 11 is 9.40. The third kappa shape index (κ3) is 1.30. The van der Waals surface area contributed by atoms with Gasteiger partial charge in [-0.2, -0.15) is 0 Å². The van der Waals surface area contributed by atoms with Crippen molar-refractivity contribution in [3.8, 4) is 0 Å². The van der Waals surface area contributed by atoms with Crippen LogP contribution in [-0.2, 0) is 6.42 Å². The largest absolute Gasteiger partial charge is 0.258 e. The molecule has 1 aliphatic carbocycles. The van der Waals surface area contributed by atoms with Crippen molar-refractivity contribution in [3.63, 3.8) is 0 Å². The molecule has 58 valence electrons. The molecule has 1 aromatic heterocycles. The van der Waals surface area contributed by atoms with E-state index in [2.05, 4.69) is 27.0 Å². The van der Waals surface area contributed by atoms with Crippen LogP contribution in [0.2, 0.25) is 0 Å². The quantitative estimate of drug-likeness (QED) is 0.627. The molecule has 0 aliphatic heterocycles. The maximum Gasteiger partial charge on any atom is 0.0763 e. The first-order chi connectivity index (χ1) is 5.27. The Kier molecular flexibility index (Phi) is 1.90. The SMILES string of the molecule is ClC1CCc2cc(Br)cnc21. The number of nitrogens with zero attached hydrogens (tertiary/aromatic N) is 1. The number of halogens is 2. The van der Waals surface area contributed by atoms with Crippen LogP contribution in [-0.4, -0.2) is 4.98 Å². The van der Waals surface area contributed by atoms with Crippen LogP contribution in [0.5, 0.6) is 0 Å². The molecule has 0 amide bonds. The molecule has 0 N–H and O–H groups in total. The topological polar surface area (TPSA) is 12.9 Å². The Labute approximate surface area is 78.9 Å². The van der Waals surface area contributed by atoms with E-state index in [9.17, 15) is 0 Å². The summed E-state index contributed by atoms with van der Waals surface area (Å²) in [7, 11) is 0. The van der Waals surface area contributed by atoms with Gasteiger partial charge in [-0.25, -0.2) is 0 Å². The van der Waals surface area contributed by atoms with E-state index in [4.69, 9.17) is 11.6 Å². The summed E-state index contributed by atoms with van der Waals surface area (Å²) in [5.41, 5.74) is 2.36. The number of hydrogen-bond donors (Lipinski definition) is 0. The van der Waals surface area contributed by atoms with E-state index in [1.54, 1.807) is 6.20 Å². The molecule has 1 aliphatic rings. The van der Waals surface area contributed by atoms with Crippen LogP contribution < -0.4 is 0 Å². The van der Waals surface area contributed by atoms with Gasteiger partial charge in [-0.3, -0.25) is 4.98 Å². The van der Waals surface area contributed by atoms with Crippen molar-refractivity contribution in [2.75, 3.05) is 0 Å². The zero-order chi connectivity index (χ0) is 7.84. The molecular formula is C8H7BrClN. The predicted octanol–water partition coefficient (Wildman–Crippen LogP) is 3.07. The summed E-state index contributed by atoms with van der Waals surface area (Å²) in [5, 5.41) is 0.137. The summed E-state index contributed by atoms with van der Waals surface area (Å²) < 4.78 is 1.04. The number of aromatic nitrogens is 1. The van der Waals surface area contributed by atoms with Crippen LogP contribution in [0, 0.1) is 0 Å². The minimum Gasteiger partial charge on any atom is -0.258 e. The van der Waals surface area contributed by atoms with Gasteiger partial charge in [-0.05, 0) is 40.4 Å². The highest BCUT2D eigenvalue weighted by atomic mass is 79.9. The summed E-state index contributed by atoms with van der Waals surface area (Å²) in [4.78, 5) is 4.26. The number of fused-ring (bicyclic) bond motifs is 1. The van der Waals surface area contributed by atoms with Crippen molar-refractivity contribution in [2.24, 2.45) is 0 Å². The Morgan fingerprint density at radius 3 is 3.27 bits per heavy atom. The Bertz CT molecular complexity index is 287. The van der Waals surface area contributed by atoms with Crippen LogP contribution in [0.4, 0.5) is 0 Å². The van der Waals surface area contributed by atoms with Crippen molar-refractivity contribution in [2.45, 2.75) is 18.2 Å². The Morgan fingerprint density at radius 1 is 1.64 bits per heavy atom. The fourth-order valence-corrected chi connectivity index (χ4v) is 2.08. The van der Waals surface area contributed by atoms with Gasteiger partial charge in [0.05, 0.1) is 11.1 Å². The lowest BCUT2D eigenvalue weighted by molar-refractivity contribution is 0.867. The third-order valence-corrected chi connectivity index (χ3v) is 2.79. The number of aryl methyl sites for hydroxylation is 1. The highest BCUT2D eigenvalue weighted by Crippen LogP contribution is 2.35. The standard InChI is InChI=1S/C8H7BrClN/c9-6-3-5-1-2-7(10)8(5)11-4-6/h3-4,7H,1-2H2. The van der Waals surface area contributed by atoms with E-state index >= 15 is 0 Å². The predicted molar refractivity (Wildman–Crippen MR) is 48.9 cm³/mol. The molecule has 1 unspecified atom stereocenters. The maximum atomic E-state index is 6.02. The number of hydrogen-bond acceptors (Lipinski definition) is 1. The van der Waals surface area contributed by atoms with Crippen LogP contribution in [0.15, 0.2) is 16.7 Å². The summed E-state index contributed by atoms with van der Waals surface area (Å²) in [6.45, 7) is 0. The molecule has 1 nitrogen and oxygen atoms in total. The number of alkyl halides is 1. The Hall–Kier alpha value is -0.0800. The molecule has 0 saturated carbocycles. The highest BCUT2D eigenvalue weighted by molar-refractivity contribution is 9.10. The molecule has 0 fully saturated rings. The van der Waals surface area contributed by atoms with E-state index in [0.717, 1.165) is 23.0 Å². The smallest absolute Gasteiger partial charge is 0.0763 e. The van der Waals surface area contributed by atoms with Crippen LogP contribution in [0.1, 0.15) is 23.1 Å². The molecule has 1 heterocycles. The lowest BCUT2D eigenvalue weighted by Crippen LogP contribution is -1.88. The molecule has 2 rings (SSSR count). The zero-order valence-corrected chi connectivity index (χ0v) is 8.19. The van der Waals surface area contributed by atoms with Gasteiger partial charge in [0.15, 0.2) is 0 Å². The molecule has 0 bridgehead atoms. The molecular weight excluding hydrogens is 225 g/mol. The van der Waals surface area contributed by atoms with Crippen molar-refractivity contribution >= 4 is 27.5 Å². The molecule has 3 heteroatoms. The van der Waals surface area contributed by atoms with Crippen LogP contribution in [0.3, 0.4) is 0 Å². The minimum absolute atomic E-state index is 0.137. The lowest BCUT2D eigenvalue weighted by Gasteiger charge is -2.00. The van der Waals surface area contributed by atoms with Gasteiger partial charge < -0.3 is 0 Å². The monoisotopic (exact) mass is 231 g/mol. The molecule has 1 aromatic rings. The molecule has 0 spiro atoms. The fourth-order valence-electron chi connectivity index (χ4n) is 1.39. The van der Waals surface area contributed by atoms with Gasteiger partial charge in [0, 0.05) is 10.7 Å². The first-order valence-corrected chi connectivity index (χ1v) is 4.78. The average Bonchev–Trinajstić information content (AvgIpc) is 2.32. The van der Waals surface area contributed by atoms with E-state index < -0.39 is 0 Å². The zero-order valence-electron chi connectivity index (χ0n) is 5.85. The van der Waals surface area contributed by atoms with Gasteiger partial charge in [0.2, 0.25) is 0 Å². The Balaban J connectivity index is 2.50. The van der Waals surface area contributed by atoms with Crippen molar-refractivity contribution in [1.82, 2.24) is 4.98 Å². The van der Waals surface area contributed by atoms with E-state index in [1.807, 2.05) is 0 Å². The van der Waals surface area contributed by atoms with Crippen molar-refractivity contribution < 1.29 is 0 Å². The molecule has 11 heavy (non-hydrogen) atoms. The molecule has 0 aromatic carbocycles. The molecule has 0 saturated heterocycles. The van der Waals surface area contributed by atoms with Crippen LogP contribution >= 0.6 is 27.5 Å².